The molecule has 1 fully saturated rings. The molecule has 0 saturated carbocycles. The highest BCUT2D eigenvalue weighted by molar-refractivity contribution is 6.30. The molecule has 172 valence electrons. The maximum Gasteiger partial charge on any atom is 0.239 e. The molecule has 1 saturated heterocycles. The molecule has 0 aliphatic carbocycles. The zero-order valence-electron chi connectivity index (χ0n) is 18.3. The molecule has 32 heavy (non-hydrogen) atoms. The third-order valence-corrected chi connectivity index (χ3v) is 6.11. The van der Waals surface area contributed by atoms with Crippen LogP contribution in [0.3, 0.4) is 0 Å². The van der Waals surface area contributed by atoms with Gasteiger partial charge in [0.1, 0.15) is 0 Å². The summed E-state index contributed by atoms with van der Waals surface area (Å²) in [6, 6.07) is 17.5. The molecule has 0 aromatic heterocycles. The minimum atomic E-state index is -0.572. The quantitative estimate of drug-likeness (QED) is 0.262. The van der Waals surface area contributed by atoms with Crippen LogP contribution in [0.2, 0.25) is 5.02 Å². The summed E-state index contributed by atoms with van der Waals surface area (Å²) < 4.78 is 0. The van der Waals surface area contributed by atoms with E-state index >= 15 is 0 Å². The number of amides is 1. The van der Waals surface area contributed by atoms with Gasteiger partial charge in [-0.25, -0.2) is 0 Å². The average Bonchev–Trinajstić information content (AvgIpc) is 2.79. The van der Waals surface area contributed by atoms with E-state index in [2.05, 4.69) is 34.5 Å². The summed E-state index contributed by atoms with van der Waals surface area (Å²) in [6.07, 6.45) is 2.27. The van der Waals surface area contributed by atoms with Crippen molar-refractivity contribution in [2.75, 3.05) is 26.2 Å². The second-order valence-electron chi connectivity index (χ2n) is 8.31. The van der Waals surface area contributed by atoms with Crippen molar-refractivity contribution >= 4 is 23.5 Å². The first-order chi connectivity index (χ1) is 15.4. The van der Waals surface area contributed by atoms with Crippen LogP contribution in [-0.4, -0.2) is 59.9 Å². The molecule has 3 rings (SSSR count). The molecule has 0 spiro atoms. The number of hydrogen-bond acceptors (Lipinski definition) is 4. The van der Waals surface area contributed by atoms with Gasteiger partial charge in [-0.1, -0.05) is 54.1 Å². The van der Waals surface area contributed by atoms with Crippen LogP contribution in [-0.2, 0) is 17.8 Å². The molecule has 7 nitrogen and oxygen atoms in total. The minimum Gasteiger partial charge on any atom is -0.370 e. The molecular formula is C24H33ClN6O. The number of carbonyl (C=O) groups excluding carboxylic acids is 1. The van der Waals surface area contributed by atoms with Gasteiger partial charge in [-0.2, -0.15) is 0 Å². The van der Waals surface area contributed by atoms with E-state index in [0.717, 1.165) is 31.5 Å². The van der Waals surface area contributed by atoms with Crippen LogP contribution in [0.15, 0.2) is 54.6 Å². The maximum atomic E-state index is 13.1. The summed E-state index contributed by atoms with van der Waals surface area (Å²) in [5.41, 5.74) is 14.0. The second-order valence-corrected chi connectivity index (χ2v) is 8.75. The van der Waals surface area contributed by atoms with Gasteiger partial charge in [-0.05, 0) is 42.5 Å². The van der Waals surface area contributed by atoms with E-state index in [-0.39, 0.29) is 17.9 Å². The number of benzene rings is 2. The van der Waals surface area contributed by atoms with Crippen LogP contribution in [0, 0.1) is 5.41 Å². The van der Waals surface area contributed by atoms with E-state index in [0.29, 0.717) is 31.1 Å². The molecule has 2 atom stereocenters. The summed E-state index contributed by atoms with van der Waals surface area (Å²) in [4.78, 5) is 17.4. The van der Waals surface area contributed by atoms with E-state index in [9.17, 15) is 4.79 Å². The molecule has 1 heterocycles. The average molecular weight is 457 g/mol. The maximum absolute atomic E-state index is 13.1. The highest BCUT2D eigenvalue weighted by Crippen LogP contribution is 2.19. The fourth-order valence-electron chi connectivity index (χ4n) is 4.15. The van der Waals surface area contributed by atoms with E-state index < -0.39 is 6.04 Å². The lowest BCUT2D eigenvalue weighted by atomic mass is 10.0. The topological polar surface area (TPSA) is 111 Å². The molecule has 8 heteroatoms. The van der Waals surface area contributed by atoms with Crippen molar-refractivity contribution in [3.05, 3.63) is 70.7 Å². The van der Waals surface area contributed by atoms with Crippen LogP contribution in [0.1, 0.15) is 24.0 Å². The number of halogens is 1. The molecule has 6 N–H and O–H groups in total. The molecular weight excluding hydrogens is 424 g/mol. The molecule has 0 bridgehead atoms. The van der Waals surface area contributed by atoms with Gasteiger partial charge >= 0.3 is 0 Å². The lowest BCUT2D eigenvalue weighted by molar-refractivity contribution is -0.135. The number of piperazine rings is 1. The summed E-state index contributed by atoms with van der Waals surface area (Å²) >= 11 is 5.96. The number of hydrogen-bond donors (Lipinski definition) is 4. The van der Waals surface area contributed by atoms with E-state index in [1.165, 1.54) is 5.56 Å². The molecule has 2 aromatic rings. The van der Waals surface area contributed by atoms with Crippen molar-refractivity contribution in [1.82, 2.24) is 15.1 Å². The Balaban J connectivity index is 1.61. The van der Waals surface area contributed by atoms with Gasteiger partial charge < -0.3 is 21.7 Å². The fraction of sp³-hybridized carbons (Fsp3) is 0.417. The standard InChI is InChI=1S/C24H33ClN6O/c25-20-10-8-18(9-11-20)15-22(26)23(32)31-14-13-30(16-19-5-2-1-3-6-19)21(17-31)7-4-12-29-24(27)28/h1-3,5-6,8-11,21-22H,4,7,12-17,26H2,(H4,27,28,29)/t21-,22-/m1/s1. The first-order valence-corrected chi connectivity index (χ1v) is 11.4. The smallest absolute Gasteiger partial charge is 0.239 e. The predicted molar refractivity (Wildman–Crippen MR) is 130 cm³/mol. The lowest BCUT2D eigenvalue weighted by Gasteiger charge is -2.42. The summed E-state index contributed by atoms with van der Waals surface area (Å²) in [5.74, 6) is -0.0223. The highest BCUT2D eigenvalue weighted by Gasteiger charge is 2.31. The Morgan fingerprint density at radius 1 is 1.12 bits per heavy atom. The van der Waals surface area contributed by atoms with Gasteiger partial charge in [0.2, 0.25) is 5.91 Å². The van der Waals surface area contributed by atoms with Crippen LogP contribution < -0.4 is 16.8 Å². The molecule has 0 radical (unpaired) electrons. The zero-order chi connectivity index (χ0) is 22.9. The van der Waals surface area contributed by atoms with Crippen molar-refractivity contribution in [2.45, 2.75) is 37.9 Å². The Morgan fingerprint density at radius 3 is 2.53 bits per heavy atom. The van der Waals surface area contributed by atoms with Crippen molar-refractivity contribution in [3.8, 4) is 0 Å². The third-order valence-electron chi connectivity index (χ3n) is 5.86. The number of nitrogens with two attached hydrogens (primary N) is 2. The van der Waals surface area contributed by atoms with Gasteiger partial charge in [0, 0.05) is 43.8 Å². The third kappa shape index (κ3) is 7.22. The summed E-state index contributed by atoms with van der Waals surface area (Å²) in [5, 5.41) is 10.9. The first-order valence-electron chi connectivity index (χ1n) is 11.1. The molecule has 1 amide bonds. The zero-order valence-corrected chi connectivity index (χ0v) is 19.1. The van der Waals surface area contributed by atoms with Crippen molar-refractivity contribution in [2.24, 2.45) is 11.5 Å². The largest absolute Gasteiger partial charge is 0.370 e. The summed E-state index contributed by atoms with van der Waals surface area (Å²) in [6.45, 7) is 3.63. The van der Waals surface area contributed by atoms with Gasteiger partial charge in [0.25, 0.3) is 0 Å². The molecule has 0 unspecified atom stereocenters. The number of guanidine groups is 1. The van der Waals surface area contributed by atoms with Gasteiger partial charge in [0.15, 0.2) is 5.96 Å². The van der Waals surface area contributed by atoms with Crippen LogP contribution >= 0.6 is 11.6 Å². The molecule has 2 aromatic carbocycles. The second kappa shape index (κ2) is 11.9. The van der Waals surface area contributed by atoms with Crippen LogP contribution in [0.5, 0.6) is 0 Å². The number of carbonyl (C=O) groups is 1. The van der Waals surface area contributed by atoms with Crippen LogP contribution in [0.4, 0.5) is 0 Å². The Morgan fingerprint density at radius 2 is 1.84 bits per heavy atom. The normalized spacial score (nSPS) is 17.7. The highest BCUT2D eigenvalue weighted by atomic mass is 35.5. The lowest BCUT2D eigenvalue weighted by Crippen LogP contribution is -2.57. The predicted octanol–water partition coefficient (Wildman–Crippen LogP) is 2.19. The first kappa shape index (κ1) is 24.0. The SMILES string of the molecule is N=C(N)NCCC[C@@H]1CN(C(=O)[C@H](N)Cc2ccc(Cl)cc2)CCN1Cc1ccccc1. The Kier molecular flexibility index (Phi) is 8.90. The summed E-state index contributed by atoms with van der Waals surface area (Å²) in [7, 11) is 0. The van der Waals surface area contributed by atoms with Crippen molar-refractivity contribution in [1.29, 1.82) is 5.41 Å². The van der Waals surface area contributed by atoms with Crippen LogP contribution in [0.25, 0.3) is 0 Å². The Bertz CT molecular complexity index is 876. The number of nitrogens with one attached hydrogen (secondary N) is 2. The van der Waals surface area contributed by atoms with Crippen molar-refractivity contribution < 1.29 is 4.79 Å². The van der Waals surface area contributed by atoms with Crippen molar-refractivity contribution in [3.63, 3.8) is 0 Å². The number of rotatable bonds is 9. The van der Waals surface area contributed by atoms with E-state index in [1.807, 2.05) is 35.2 Å². The minimum absolute atomic E-state index is 0.00817. The monoisotopic (exact) mass is 456 g/mol. The van der Waals surface area contributed by atoms with E-state index in [1.54, 1.807) is 0 Å². The molecule has 1 aliphatic rings. The number of nitrogens with zero attached hydrogens (tertiary/aromatic N) is 2. The van der Waals surface area contributed by atoms with Gasteiger partial charge in [-0.3, -0.25) is 15.1 Å². The molecule has 1 aliphatic heterocycles. The fourth-order valence-corrected chi connectivity index (χ4v) is 4.28. The van der Waals surface area contributed by atoms with Gasteiger partial charge in [0.05, 0.1) is 6.04 Å². The van der Waals surface area contributed by atoms with E-state index in [4.69, 9.17) is 28.5 Å². The van der Waals surface area contributed by atoms with Gasteiger partial charge in [-0.15, -0.1) is 0 Å². The Labute approximate surface area is 195 Å². The Hall–Kier alpha value is -2.61.